The van der Waals surface area contributed by atoms with Gasteiger partial charge in [0.05, 0.1) is 11.9 Å². The molecule has 0 saturated heterocycles. The fourth-order valence-electron chi connectivity index (χ4n) is 2.34. The molecule has 1 aromatic heterocycles. The normalized spacial score (nSPS) is 12.5. The number of rotatable bonds is 6. The highest BCUT2D eigenvalue weighted by atomic mass is 32.2. The smallest absolute Gasteiger partial charge is 0.243 e. The highest BCUT2D eigenvalue weighted by Gasteiger charge is 2.28. The fourth-order valence-corrected chi connectivity index (χ4v) is 3.51. The summed E-state index contributed by atoms with van der Waals surface area (Å²) in [7, 11) is -3.60. The number of aryl methyl sites for hydroxylation is 1. The van der Waals surface area contributed by atoms with E-state index in [0.717, 1.165) is 21.7 Å². The number of amides is 1. The molecule has 128 valence electrons. The van der Waals surface area contributed by atoms with Gasteiger partial charge in [0.15, 0.2) is 0 Å². The molecule has 0 aliphatic carbocycles. The van der Waals surface area contributed by atoms with Crippen LogP contribution in [0.15, 0.2) is 48.8 Å². The summed E-state index contributed by atoms with van der Waals surface area (Å²) in [5.41, 5.74) is 2.38. The van der Waals surface area contributed by atoms with Gasteiger partial charge in [-0.2, -0.15) is 0 Å². The number of pyridine rings is 1. The average Bonchev–Trinajstić information content (AvgIpc) is 2.54. The van der Waals surface area contributed by atoms with Crippen molar-refractivity contribution in [1.29, 1.82) is 0 Å². The van der Waals surface area contributed by atoms with Gasteiger partial charge in [-0.15, -0.1) is 0 Å². The third-order valence-electron chi connectivity index (χ3n) is 3.59. The highest BCUT2D eigenvalue weighted by Crippen LogP contribution is 2.21. The molecule has 1 aromatic carbocycles. The summed E-state index contributed by atoms with van der Waals surface area (Å²) in [6, 6.07) is 9.75. The first-order valence-electron chi connectivity index (χ1n) is 7.51. The standard InChI is InChI=1S/C17H21N3O3S/c1-13-4-6-16(7-5-13)20(24(3,22)23)14(2)17(21)19-12-15-8-10-18-11-9-15/h4-11,14H,12H2,1-3H3,(H,19,21). The van der Waals surface area contributed by atoms with Crippen molar-refractivity contribution >= 4 is 21.6 Å². The van der Waals surface area contributed by atoms with Crippen molar-refractivity contribution in [3.05, 3.63) is 59.9 Å². The van der Waals surface area contributed by atoms with Crippen LogP contribution in [0.3, 0.4) is 0 Å². The highest BCUT2D eigenvalue weighted by molar-refractivity contribution is 7.92. The number of carbonyl (C=O) groups is 1. The Morgan fingerprint density at radius 1 is 1.17 bits per heavy atom. The maximum atomic E-state index is 12.4. The zero-order valence-electron chi connectivity index (χ0n) is 13.9. The molecule has 24 heavy (non-hydrogen) atoms. The molecule has 0 radical (unpaired) electrons. The van der Waals surface area contributed by atoms with Gasteiger partial charge in [0.2, 0.25) is 15.9 Å². The SMILES string of the molecule is Cc1ccc(N(C(C)C(=O)NCc2ccncc2)S(C)(=O)=O)cc1. The van der Waals surface area contributed by atoms with E-state index in [1.165, 1.54) is 0 Å². The second kappa shape index (κ2) is 7.44. The summed E-state index contributed by atoms with van der Waals surface area (Å²) in [6.45, 7) is 3.80. The summed E-state index contributed by atoms with van der Waals surface area (Å²) in [6.07, 6.45) is 4.37. The van der Waals surface area contributed by atoms with Crippen molar-refractivity contribution in [3.8, 4) is 0 Å². The largest absolute Gasteiger partial charge is 0.350 e. The van der Waals surface area contributed by atoms with Gasteiger partial charge in [0.25, 0.3) is 0 Å². The lowest BCUT2D eigenvalue weighted by molar-refractivity contribution is -0.122. The Morgan fingerprint density at radius 3 is 2.29 bits per heavy atom. The van der Waals surface area contributed by atoms with Crippen LogP contribution in [0.5, 0.6) is 0 Å². The predicted octanol–water partition coefficient (Wildman–Crippen LogP) is 1.86. The first kappa shape index (κ1) is 17.9. The molecule has 1 atom stereocenters. The lowest BCUT2D eigenvalue weighted by atomic mass is 10.2. The van der Waals surface area contributed by atoms with Crippen LogP contribution in [0.4, 0.5) is 5.69 Å². The lowest BCUT2D eigenvalue weighted by Crippen LogP contribution is -2.47. The molecule has 1 heterocycles. The number of aromatic nitrogens is 1. The summed E-state index contributed by atoms with van der Waals surface area (Å²) in [4.78, 5) is 16.3. The van der Waals surface area contributed by atoms with E-state index in [4.69, 9.17) is 0 Å². The molecule has 1 unspecified atom stereocenters. The molecular weight excluding hydrogens is 326 g/mol. The molecule has 6 nitrogen and oxygen atoms in total. The minimum atomic E-state index is -3.60. The summed E-state index contributed by atoms with van der Waals surface area (Å²) in [5, 5.41) is 2.76. The minimum absolute atomic E-state index is 0.317. The number of benzene rings is 1. The number of nitrogens with zero attached hydrogens (tertiary/aromatic N) is 2. The van der Waals surface area contributed by atoms with Gasteiger partial charge in [0, 0.05) is 18.9 Å². The topological polar surface area (TPSA) is 79.4 Å². The van der Waals surface area contributed by atoms with Crippen LogP contribution in [0.1, 0.15) is 18.1 Å². The first-order chi connectivity index (χ1) is 11.3. The van der Waals surface area contributed by atoms with Crippen LogP contribution in [0.25, 0.3) is 0 Å². The third-order valence-corrected chi connectivity index (χ3v) is 4.83. The van der Waals surface area contributed by atoms with Crippen LogP contribution in [-0.4, -0.2) is 31.6 Å². The van der Waals surface area contributed by atoms with E-state index in [9.17, 15) is 13.2 Å². The second-order valence-corrected chi connectivity index (χ2v) is 7.50. The number of hydrogen-bond donors (Lipinski definition) is 1. The van der Waals surface area contributed by atoms with E-state index in [1.807, 2.05) is 19.1 Å². The van der Waals surface area contributed by atoms with Crippen LogP contribution in [-0.2, 0) is 21.4 Å². The van der Waals surface area contributed by atoms with Gasteiger partial charge >= 0.3 is 0 Å². The van der Waals surface area contributed by atoms with Crippen LogP contribution in [0.2, 0.25) is 0 Å². The van der Waals surface area contributed by atoms with Crippen molar-refractivity contribution in [2.24, 2.45) is 0 Å². The van der Waals surface area contributed by atoms with Crippen molar-refractivity contribution in [1.82, 2.24) is 10.3 Å². The van der Waals surface area contributed by atoms with E-state index in [2.05, 4.69) is 10.3 Å². The second-order valence-electron chi connectivity index (χ2n) is 5.64. The predicted molar refractivity (Wildman–Crippen MR) is 94.0 cm³/mol. The number of sulfonamides is 1. The van der Waals surface area contributed by atoms with Gasteiger partial charge in [-0.1, -0.05) is 17.7 Å². The van der Waals surface area contributed by atoms with Gasteiger partial charge < -0.3 is 5.32 Å². The Kier molecular flexibility index (Phi) is 5.56. The van der Waals surface area contributed by atoms with Gasteiger partial charge in [-0.3, -0.25) is 14.1 Å². The Labute approximate surface area is 142 Å². The van der Waals surface area contributed by atoms with Crippen LogP contribution in [0, 0.1) is 6.92 Å². The zero-order valence-corrected chi connectivity index (χ0v) is 14.7. The molecule has 1 amide bonds. The molecule has 7 heteroatoms. The van der Waals surface area contributed by atoms with Crippen molar-refractivity contribution in [3.63, 3.8) is 0 Å². The average molecular weight is 347 g/mol. The van der Waals surface area contributed by atoms with Crippen molar-refractivity contribution in [2.75, 3.05) is 10.6 Å². The molecule has 0 fully saturated rings. The summed E-state index contributed by atoms with van der Waals surface area (Å²) in [5.74, 6) is -0.363. The lowest BCUT2D eigenvalue weighted by Gasteiger charge is -2.28. The maximum absolute atomic E-state index is 12.4. The van der Waals surface area contributed by atoms with Crippen LogP contribution >= 0.6 is 0 Å². The van der Waals surface area contributed by atoms with Gasteiger partial charge in [-0.05, 0) is 43.7 Å². The summed E-state index contributed by atoms with van der Waals surface area (Å²) >= 11 is 0. The zero-order chi connectivity index (χ0) is 17.7. The number of nitrogens with one attached hydrogen (secondary N) is 1. The molecule has 0 saturated carbocycles. The summed E-state index contributed by atoms with van der Waals surface area (Å²) < 4.78 is 25.5. The Morgan fingerprint density at radius 2 is 1.75 bits per heavy atom. The number of anilines is 1. The van der Waals surface area contributed by atoms with E-state index in [0.29, 0.717) is 12.2 Å². The first-order valence-corrected chi connectivity index (χ1v) is 9.36. The van der Waals surface area contributed by atoms with Gasteiger partial charge in [0.1, 0.15) is 6.04 Å². The van der Waals surface area contributed by atoms with Gasteiger partial charge in [-0.25, -0.2) is 8.42 Å². The van der Waals surface area contributed by atoms with E-state index in [1.54, 1.807) is 43.6 Å². The molecule has 2 aromatic rings. The quantitative estimate of drug-likeness (QED) is 0.865. The molecule has 1 N–H and O–H groups in total. The molecular formula is C17H21N3O3S. The van der Waals surface area contributed by atoms with E-state index < -0.39 is 16.1 Å². The fraction of sp³-hybridized carbons (Fsp3) is 0.294. The monoisotopic (exact) mass is 347 g/mol. The Hall–Kier alpha value is -2.41. The van der Waals surface area contributed by atoms with Crippen molar-refractivity contribution < 1.29 is 13.2 Å². The molecule has 0 aliphatic rings. The molecule has 2 rings (SSSR count). The maximum Gasteiger partial charge on any atom is 0.243 e. The third kappa shape index (κ3) is 4.55. The van der Waals surface area contributed by atoms with E-state index in [-0.39, 0.29) is 5.91 Å². The number of hydrogen-bond acceptors (Lipinski definition) is 4. The molecule has 0 spiro atoms. The van der Waals surface area contributed by atoms with Crippen molar-refractivity contribution in [2.45, 2.75) is 26.4 Å². The van der Waals surface area contributed by atoms with Crippen LogP contribution < -0.4 is 9.62 Å². The number of carbonyl (C=O) groups excluding carboxylic acids is 1. The van der Waals surface area contributed by atoms with E-state index >= 15 is 0 Å². The Bertz CT molecular complexity index is 790. The molecule has 0 aliphatic heterocycles. The minimum Gasteiger partial charge on any atom is -0.350 e. The Balaban J connectivity index is 2.17. The molecule has 0 bridgehead atoms.